The van der Waals surface area contributed by atoms with Gasteiger partial charge in [-0.1, -0.05) is 66.7 Å². The molecule has 2 heterocycles. The van der Waals surface area contributed by atoms with Gasteiger partial charge < -0.3 is 14.5 Å². The maximum Gasteiger partial charge on any atom is 0.573 e. The maximum absolute atomic E-state index is 13.0. The highest BCUT2D eigenvalue weighted by molar-refractivity contribution is 6.00. The molecule has 1 amide bonds. The SMILES string of the molecule is C[C@H]1CN(c2nnc(-c3ccccc3)c3ccccc23)CCN1C(=O)Cc1ccc(OC(F)(F)F)cc1. The third-order valence-corrected chi connectivity index (χ3v) is 6.47. The second-order valence-electron chi connectivity index (χ2n) is 9.03. The molecule has 0 saturated carbocycles. The highest BCUT2D eigenvalue weighted by Crippen LogP contribution is 2.32. The van der Waals surface area contributed by atoms with Crippen molar-refractivity contribution < 1.29 is 22.7 Å². The summed E-state index contributed by atoms with van der Waals surface area (Å²) < 4.78 is 41.0. The Balaban J connectivity index is 1.29. The minimum atomic E-state index is -4.75. The van der Waals surface area contributed by atoms with E-state index in [1.807, 2.05) is 66.4 Å². The van der Waals surface area contributed by atoms with Crippen LogP contribution in [-0.4, -0.2) is 53.0 Å². The van der Waals surface area contributed by atoms with Gasteiger partial charge in [0.1, 0.15) is 11.4 Å². The van der Waals surface area contributed by atoms with Gasteiger partial charge in [-0.2, -0.15) is 0 Å². The third-order valence-electron chi connectivity index (χ3n) is 6.47. The van der Waals surface area contributed by atoms with Crippen molar-refractivity contribution in [2.75, 3.05) is 24.5 Å². The van der Waals surface area contributed by atoms with Crippen LogP contribution in [0.25, 0.3) is 22.0 Å². The second-order valence-corrected chi connectivity index (χ2v) is 9.03. The lowest BCUT2D eigenvalue weighted by Crippen LogP contribution is -2.54. The number of aromatic nitrogens is 2. The molecule has 1 atom stereocenters. The number of carbonyl (C=O) groups excluding carboxylic acids is 1. The normalized spacial score (nSPS) is 16.2. The van der Waals surface area contributed by atoms with Gasteiger partial charge in [-0.05, 0) is 24.6 Å². The van der Waals surface area contributed by atoms with E-state index >= 15 is 0 Å². The van der Waals surface area contributed by atoms with Crippen molar-refractivity contribution >= 4 is 22.5 Å². The first kappa shape index (κ1) is 24.5. The van der Waals surface area contributed by atoms with Gasteiger partial charge in [0.2, 0.25) is 5.91 Å². The number of fused-ring (bicyclic) bond motifs is 1. The van der Waals surface area contributed by atoms with E-state index in [-0.39, 0.29) is 24.1 Å². The van der Waals surface area contributed by atoms with Gasteiger partial charge in [-0.25, -0.2) is 0 Å². The van der Waals surface area contributed by atoms with Crippen molar-refractivity contribution in [2.45, 2.75) is 25.7 Å². The average molecular weight is 507 g/mol. The van der Waals surface area contributed by atoms with Gasteiger partial charge in [-0.15, -0.1) is 23.4 Å². The minimum Gasteiger partial charge on any atom is -0.406 e. The van der Waals surface area contributed by atoms with Gasteiger partial charge >= 0.3 is 6.36 Å². The Kier molecular flexibility index (Phi) is 6.69. The number of amides is 1. The summed E-state index contributed by atoms with van der Waals surface area (Å²) >= 11 is 0. The Morgan fingerprint density at radius 3 is 2.27 bits per heavy atom. The Bertz CT molecular complexity index is 1390. The molecule has 1 aliphatic rings. The monoisotopic (exact) mass is 506 g/mol. The summed E-state index contributed by atoms with van der Waals surface area (Å²) in [6, 6.07) is 23.3. The zero-order valence-electron chi connectivity index (χ0n) is 20.2. The van der Waals surface area contributed by atoms with Crippen molar-refractivity contribution in [1.29, 1.82) is 0 Å². The van der Waals surface area contributed by atoms with E-state index in [0.29, 0.717) is 25.2 Å². The Morgan fingerprint density at radius 1 is 0.919 bits per heavy atom. The van der Waals surface area contributed by atoms with Crippen molar-refractivity contribution in [3.05, 3.63) is 84.4 Å². The van der Waals surface area contributed by atoms with Crippen LogP contribution in [0, 0.1) is 0 Å². The first-order valence-electron chi connectivity index (χ1n) is 12.0. The van der Waals surface area contributed by atoms with E-state index in [4.69, 9.17) is 0 Å². The fourth-order valence-corrected chi connectivity index (χ4v) is 4.74. The highest BCUT2D eigenvalue weighted by atomic mass is 19.4. The molecule has 0 unspecified atom stereocenters. The van der Waals surface area contributed by atoms with Crippen LogP contribution in [0.3, 0.4) is 0 Å². The molecular weight excluding hydrogens is 481 g/mol. The van der Waals surface area contributed by atoms with Crippen LogP contribution >= 0.6 is 0 Å². The molecule has 3 aromatic carbocycles. The molecule has 0 N–H and O–H groups in total. The number of hydrogen-bond acceptors (Lipinski definition) is 5. The number of halogens is 3. The smallest absolute Gasteiger partial charge is 0.406 e. The van der Waals surface area contributed by atoms with Crippen LogP contribution in [0.4, 0.5) is 19.0 Å². The molecule has 1 aliphatic heterocycles. The largest absolute Gasteiger partial charge is 0.573 e. The molecule has 0 spiro atoms. The number of nitrogens with zero attached hydrogens (tertiary/aromatic N) is 4. The molecular formula is C28H25F3N4O2. The minimum absolute atomic E-state index is 0.0768. The van der Waals surface area contributed by atoms with Crippen molar-refractivity contribution in [2.24, 2.45) is 0 Å². The molecule has 0 radical (unpaired) electrons. The zero-order valence-corrected chi connectivity index (χ0v) is 20.2. The van der Waals surface area contributed by atoms with E-state index in [1.165, 1.54) is 24.3 Å². The van der Waals surface area contributed by atoms with Gasteiger partial charge in [0.15, 0.2) is 5.82 Å². The molecule has 9 heteroatoms. The van der Waals surface area contributed by atoms with E-state index < -0.39 is 6.36 Å². The van der Waals surface area contributed by atoms with E-state index in [0.717, 1.165) is 27.8 Å². The molecule has 1 fully saturated rings. The van der Waals surface area contributed by atoms with Crippen LogP contribution in [0.1, 0.15) is 12.5 Å². The van der Waals surface area contributed by atoms with Crippen molar-refractivity contribution in [3.63, 3.8) is 0 Å². The highest BCUT2D eigenvalue weighted by Gasteiger charge is 2.31. The molecule has 190 valence electrons. The lowest BCUT2D eigenvalue weighted by atomic mass is 10.0. The summed E-state index contributed by atoms with van der Waals surface area (Å²) in [6.45, 7) is 3.68. The summed E-state index contributed by atoms with van der Waals surface area (Å²) in [7, 11) is 0. The maximum atomic E-state index is 13.0. The van der Waals surface area contributed by atoms with E-state index in [9.17, 15) is 18.0 Å². The Labute approximate surface area is 212 Å². The number of carbonyl (C=O) groups is 1. The van der Waals surface area contributed by atoms with Gasteiger partial charge in [0.05, 0.1) is 6.42 Å². The summed E-state index contributed by atoms with van der Waals surface area (Å²) in [5.41, 5.74) is 2.45. The summed E-state index contributed by atoms with van der Waals surface area (Å²) in [5, 5.41) is 11.2. The number of benzene rings is 3. The lowest BCUT2D eigenvalue weighted by Gasteiger charge is -2.40. The van der Waals surface area contributed by atoms with Crippen LogP contribution in [0.5, 0.6) is 5.75 Å². The predicted molar refractivity (Wildman–Crippen MR) is 135 cm³/mol. The van der Waals surface area contributed by atoms with Crippen LogP contribution < -0.4 is 9.64 Å². The fraction of sp³-hybridized carbons (Fsp3) is 0.250. The molecule has 4 aromatic rings. The number of rotatable bonds is 5. The van der Waals surface area contributed by atoms with E-state index in [2.05, 4.69) is 19.8 Å². The quantitative estimate of drug-likeness (QED) is 0.359. The zero-order chi connectivity index (χ0) is 26.0. The number of ether oxygens (including phenoxy) is 1. The third kappa shape index (κ3) is 5.50. The summed E-state index contributed by atoms with van der Waals surface area (Å²) in [5.74, 6) is 0.402. The first-order chi connectivity index (χ1) is 17.8. The number of piperazine rings is 1. The molecule has 0 aliphatic carbocycles. The van der Waals surface area contributed by atoms with Gasteiger partial charge in [0, 0.05) is 42.0 Å². The molecule has 5 rings (SSSR count). The first-order valence-corrected chi connectivity index (χ1v) is 12.0. The molecule has 0 bridgehead atoms. The van der Waals surface area contributed by atoms with Gasteiger partial charge in [-0.3, -0.25) is 4.79 Å². The summed E-state index contributed by atoms with van der Waals surface area (Å²) in [4.78, 5) is 17.0. The van der Waals surface area contributed by atoms with Crippen molar-refractivity contribution in [3.8, 4) is 17.0 Å². The summed E-state index contributed by atoms with van der Waals surface area (Å²) in [6.07, 6.45) is -4.64. The van der Waals surface area contributed by atoms with Crippen molar-refractivity contribution in [1.82, 2.24) is 15.1 Å². The predicted octanol–water partition coefficient (Wildman–Crippen LogP) is 5.48. The molecule has 1 aromatic heterocycles. The number of alkyl halides is 3. The number of hydrogen-bond donors (Lipinski definition) is 0. The average Bonchev–Trinajstić information content (AvgIpc) is 2.88. The van der Waals surface area contributed by atoms with Gasteiger partial charge in [0.25, 0.3) is 0 Å². The Morgan fingerprint density at radius 2 is 1.59 bits per heavy atom. The van der Waals surface area contributed by atoms with Crippen LogP contribution in [0.15, 0.2) is 78.9 Å². The van der Waals surface area contributed by atoms with Crippen LogP contribution in [0.2, 0.25) is 0 Å². The molecule has 37 heavy (non-hydrogen) atoms. The standard InChI is InChI=1S/C28H25F3N4O2/c1-19-18-34(15-16-35(19)25(36)17-20-11-13-22(14-12-20)37-28(29,30)31)27-24-10-6-5-9-23(24)26(32-33-27)21-7-3-2-4-8-21/h2-14,19H,15-18H2,1H3/t19-/m0/s1. The topological polar surface area (TPSA) is 58.6 Å². The lowest BCUT2D eigenvalue weighted by molar-refractivity contribution is -0.274. The molecule has 1 saturated heterocycles. The Hall–Kier alpha value is -4.14. The van der Waals surface area contributed by atoms with Crippen LogP contribution in [-0.2, 0) is 11.2 Å². The van der Waals surface area contributed by atoms with E-state index in [1.54, 1.807) is 0 Å². The molecule has 6 nitrogen and oxygen atoms in total. The number of anilines is 1. The fourth-order valence-electron chi connectivity index (χ4n) is 4.74. The second kappa shape index (κ2) is 10.1.